The Kier molecular flexibility index (Phi) is 10.9. The first kappa shape index (κ1) is 34.6. The quantitative estimate of drug-likeness (QED) is 0.205. The highest BCUT2D eigenvalue weighted by molar-refractivity contribution is 7.87. The van der Waals surface area contributed by atoms with E-state index >= 15 is 0 Å². The van der Waals surface area contributed by atoms with E-state index < -0.39 is 22.2 Å². The first-order valence-electron chi connectivity index (χ1n) is 15.8. The molecular formula is C34H36Cl2N6O4S2. The van der Waals surface area contributed by atoms with Gasteiger partial charge in [-0.05, 0) is 75.1 Å². The second kappa shape index (κ2) is 15.1. The lowest BCUT2D eigenvalue weighted by molar-refractivity contribution is 0.0743. The number of aliphatic hydroxyl groups excluding tert-OH is 1. The third-order valence-electron chi connectivity index (χ3n) is 8.37. The lowest BCUT2D eigenvalue weighted by Crippen LogP contribution is -2.46. The van der Waals surface area contributed by atoms with Crippen molar-refractivity contribution in [3.63, 3.8) is 0 Å². The van der Waals surface area contributed by atoms with Gasteiger partial charge in [0.2, 0.25) is 0 Å². The van der Waals surface area contributed by atoms with Crippen LogP contribution in [0.1, 0.15) is 64.2 Å². The molecule has 2 aliphatic rings. The van der Waals surface area contributed by atoms with Crippen LogP contribution in [0.3, 0.4) is 0 Å². The van der Waals surface area contributed by atoms with Crippen LogP contribution in [0, 0.1) is 18.8 Å². The molecule has 2 saturated heterocycles. The van der Waals surface area contributed by atoms with Gasteiger partial charge in [0.1, 0.15) is 0 Å². The molecule has 0 saturated carbocycles. The van der Waals surface area contributed by atoms with Gasteiger partial charge in [0.15, 0.2) is 5.69 Å². The standard InChI is InChI=1S/C34H36Cl2N6O4S2/c1-23-5-7-24(8-6-23)9-11-27-12-14-31(47-27)33-28(22-37-48(45,46)41-19-15-26(43)16-20-41)32(34(44)39-40-17-3-2-4-18-40)38-42(33)30-13-10-25(35)21-29(30)36/h5-8,10,12-14,21,26,37,43H,2-4,15-20,22H2,1H3,(H,39,44). The molecular weight excluding hydrogens is 691 g/mol. The summed E-state index contributed by atoms with van der Waals surface area (Å²) < 4.78 is 32.5. The Morgan fingerprint density at radius 1 is 1.00 bits per heavy atom. The molecule has 4 aromatic rings. The molecule has 6 rings (SSSR count). The second-order valence-corrected chi connectivity index (χ2v) is 15.6. The number of benzene rings is 2. The largest absolute Gasteiger partial charge is 0.393 e. The molecule has 0 aliphatic carbocycles. The van der Waals surface area contributed by atoms with Crippen molar-refractivity contribution in [3.8, 4) is 28.1 Å². The van der Waals surface area contributed by atoms with E-state index in [1.807, 2.05) is 48.3 Å². The lowest BCUT2D eigenvalue weighted by atomic mass is 10.1. The number of carbonyl (C=O) groups excluding carboxylic acids is 1. The maximum atomic E-state index is 13.9. The van der Waals surface area contributed by atoms with Crippen LogP contribution in [0.4, 0.5) is 0 Å². The van der Waals surface area contributed by atoms with Crippen LogP contribution in [0.2, 0.25) is 10.0 Å². The number of hydrogen-bond acceptors (Lipinski definition) is 7. The fourth-order valence-corrected chi connectivity index (χ4v) is 8.33. The average Bonchev–Trinajstić information content (AvgIpc) is 3.69. The molecule has 48 heavy (non-hydrogen) atoms. The number of aryl methyl sites for hydroxylation is 1. The third kappa shape index (κ3) is 8.13. The Labute approximate surface area is 294 Å². The van der Waals surface area contributed by atoms with Crippen molar-refractivity contribution in [1.82, 2.24) is 29.2 Å². The summed E-state index contributed by atoms with van der Waals surface area (Å²) in [7, 11) is -3.95. The molecule has 2 aliphatic heterocycles. The molecule has 2 aromatic carbocycles. The van der Waals surface area contributed by atoms with E-state index in [1.54, 1.807) is 22.9 Å². The summed E-state index contributed by atoms with van der Waals surface area (Å²) in [5.74, 6) is 5.97. The highest BCUT2D eigenvalue weighted by atomic mass is 35.5. The highest BCUT2D eigenvalue weighted by Crippen LogP contribution is 2.37. The number of halogens is 2. The number of amides is 1. The van der Waals surface area contributed by atoms with Gasteiger partial charge in [-0.3, -0.25) is 10.2 Å². The molecule has 0 spiro atoms. The number of aliphatic hydroxyl groups is 1. The predicted octanol–water partition coefficient (Wildman–Crippen LogP) is 5.54. The zero-order valence-corrected chi connectivity index (χ0v) is 29.5. The summed E-state index contributed by atoms with van der Waals surface area (Å²) in [6, 6.07) is 16.7. The zero-order valence-electron chi connectivity index (χ0n) is 26.4. The number of nitrogens with one attached hydrogen (secondary N) is 2. The number of nitrogens with zero attached hydrogens (tertiary/aromatic N) is 4. The van der Waals surface area contributed by atoms with Crippen molar-refractivity contribution in [1.29, 1.82) is 0 Å². The first-order chi connectivity index (χ1) is 23.1. The van der Waals surface area contributed by atoms with Crippen LogP contribution >= 0.6 is 34.5 Å². The Morgan fingerprint density at radius 3 is 2.44 bits per heavy atom. The Hall–Kier alpha value is -3.25. The van der Waals surface area contributed by atoms with Gasteiger partial charge in [-0.2, -0.15) is 22.5 Å². The van der Waals surface area contributed by atoms with Crippen molar-refractivity contribution in [2.45, 2.75) is 51.7 Å². The number of carbonyl (C=O) groups is 1. The molecule has 2 aromatic heterocycles. The van der Waals surface area contributed by atoms with Gasteiger partial charge < -0.3 is 5.11 Å². The minimum atomic E-state index is -3.95. The molecule has 14 heteroatoms. The van der Waals surface area contributed by atoms with Crippen LogP contribution in [0.5, 0.6) is 0 Å². The fourth-order valence-electron chi connectivity index (χ4n) is 5.72. The number of thiophene rings is 1. The van der Waals surface area contributed by atoms with Crippen LogP contribution in [0.25, 0.3) is 16.3 Å². The van der Waals surface area contributed by atoms with Crippen LogP contribution in [-0.4, -0.2) is 70.8 Å². The fraction of sp³-hybridized carbons (Fsp3) is 0.353. The minimum absolute atomic E-state index is 0.0686. The topological polar surface area (TPSA) is 120 Å². The number of piperidine rings is 2. The summed E-state index contributed by atoms with van der Waals surface area (Å²) in [6.45, 7) is 3.61. The second-order valence-electron chi connectivity index (χ2n) is 11.9. The van der Waals surface area contributed by atoms with Crippen LogP contribution in [-0.2, 0) is 16.8 Å². The molecule has 3 N–H and O–H groups in total. The Bertz CT molecular complexity index is 1950. The molecule has 252 valence electrons. The van der Waals surface area contributed by atoms with E-state index in [9.17, 15) is 18.3 Å². The van der Waals surface area contributed by atoms with E-state index in [4.69, 9.17) is 28.3 Å². The summed E-state index contributed by atoms with van der Waals surface area (Å²) in [4.78, 5) is 15.4. The smallest absolute Gasteiger partial charge is 0.286 e. The Morgan fingerprint density at radius 2 is 1.73 bits per heavy atom. The van der Waals surface area contributed by atoms with Gasteiger partial charge in [-0.1, -0.05) is 59.2 Å². The molecule has 10 nitrogen and oxygen atoms in total. The van der Waals surface area contributed by atoms with Crippen molar-refractivity contribution >= 4 is 50.7 Å². The maximum Gasteiger partial charge on any atom is 0.286 e. The van der Waals surface area contributed by atoms with E-state index in [1.165, 1.54) is 15.6 Å². The van der Waals surface area contributed by atoms with Gasteiger partial charge in [0.25, 0.3) is 16.1 Å². The summed E-state index contributed by atoms with van der Waals surface area (Å²) in [6.07, 6.45) is 3.18. The van der Waals surface area contributed by atoms with Gasteiger partial charge in [0.05, 0.1) is 32.3 Å². The summed E-state index contributed by atoms with van der Waals surface area (Å²) in [5, 5.41) is 17.3. The van der Waals surface area contributed by atoms with Gasteiger partial charge in [0, 0.05) is 48.9 Å². The molecule has 0 bridgehead atoms. The highest BCUT2D eigenvalue weighted by Gasteiger charge is 2.31. The van der Waals surface area contributed by atoms with E-state index in [-0.39, 0.29) is 25.3 Å². The zero-order chi connectivity index (χ0) is 33.8. The number of aromatic nitrogens is 2. The number of rotatable bonds is 8. The van der Waals surface area contributed by atoms with Crippen LogP contribution in [0.15, 0.2) is 54.6 Å². The SMILES string of the molecule is Cc1ccc(C#Cc2ccc(-c3c(CNS(=O)(=O)N4CCC(O)CC4)c(C(=O)NN4CCCCC4)nn3-c3ccc(Cl)cc3Cl)s2)cc1. The normalized spacial score (nSPS) is 16.4. The average molecular weight is 728 g/mol. The van der Waals surface area contributed by atoms with Crippen molar-refractivity contribution in [2.75, 3.05) is 26.2 Å². The lowest BCUT2D eigenvalue weighted by Gasteiger charge is -2.28. The van der Waals surface area contributed by atoms with Crippen molar-refractivity contribution < 1.29 is 18.3 Å². The summed E-state index contributed by atoms with van der Waals surface area (Å²) >= 11 is 14.3. The molecule has 1 amide bonds. The van der Waals surface area contributed by atoms with Gasteiger partial charge in [-0.15, -0.1) is 11.3 Å². The molecule has 0 unspecified atom stereocenters. The molecule has 0 radical (unpaired) electrons. The third-order valence-corrected chi connectivity index (χ3v) is 11.5. The maximum absolute atomic E-state index is 13.9. The molecule has 0 atom stereocenters. The van der Waals surface area contributed by atoms with Crippen molar-refractivity contribution in [3.05, 3.63) is 91.9 Å². The van der Waals surface area contributed by atoms with Crippen LogP contribution < -0.4 is 10.1 Å². The Balaban J connectivity index is 1.44. The monoisotopic (exact) mass is 726 g/mol. The number of hydrazine groups is 1. The molecule has 4 heterocycles. The minimum Gasteiger partial charge on any atom is -0.393 e. The van der Waals surface area contributed by atoms with E-state index in [2.05, 4.69) is 22.0 Å². The van der Waals surface area contributed by atoms with E-state index in [0.29, 0.717) is 57.8 Å². The van der Waals surface area contributed by atoms with E-state index in [0.717, 1.165) is 35.3 Å². The van der Waals surface area contributed by atoms with Crippen molar-refractivity contribution in [2.24, 2.45) is 0 Å². The van der Waals surface area contributed by atoms with Gasteiger partial charge >= 0.3 is 0 Å². The first-order valence-corrected chi connectivity index (χ1v) is 18.8. The summed E-state index contributed by atoms with van der Waals surface area (Å²) in [5.41, 5.74) is 6.45. The van der Waals surface area contributed by atoms with Gasteiger partial charge in [-0.25, -0.2) is 9.69 Å². The molecule has 2 fully saturated rings. The predicted molar refractivity (Wildman–Crippen MR) is 190 cm³/mol. The number of hydrogen-bond donors (Lipinski definition) is 3.